The van der Waals surface area contributed by atoms with Crippen molar-refractivity contribution in [1.29, 1.82) is 0 Å². The molecule has 0 aliphatic carbocycles. The molecule has 4 nitrogen and oxygen atoms in total. The zero-order valence-electron chi connectivity index (χ0n) is 7.47. The normalized spacial score (nSPS) is 11.1. The molecule has 82 valence electrons. The number of halogens is 3. The fourth-order valence-corrected chi connectivity index (χ4v) is 0.773. The van der Waals surface area contributed by atoms with E-state index in [2.05, 4.69) is 0 Å². The summed E-state index contributed by atoms with van der Waals surface area (Å²) in [4.78, 5) is 21.5. The van der Waals surface area contributed by atoms with E-state index in [4.69, 9.17) is 5.11 Å². The lowest BCUT2D eigenvalue weighted by Crippen LogP contribution is -2.36. The van der Waals surface area contributed by atoms with Crippen LogP contribution in [0, 0.1) is 0 Å². The van der Waals surface area contributed by atoms with E-state index in [0.717, 1.165) is 6.92 Å². The van der Waals surface area contributed by atoms with E-state index in [1.165, 1.54) is 0 Å². The van der Waals surface area contributed by atoms with Crippen LogP contribution < -0.4 is 0 Å². The molecule has 0 aromatic heterocycles. The van der Waals surface area contributed by atoms with Gasteiger partial charge in [-0.2, -0.15) is 13.2 Å². The number of aliphatic carboxylic acids is 1. The highest BCUT2D eigenvalue weighted by Crippen LogP contribution is 2.19. The van der Waals surface area contributed by atoms with Crippen LogP contribution in [0.25, 0.3) is 0 Å². The summed E-state index contributed by atoms with van der Waals surface area (Å²) in [5.74, 6) is -2.01. The Morgan fingerprint density at radius 3 is 2.14 bits per heavy atom. The van der Waals surface area contributed by atoms with Crippen molar-refractivity contribution >= 4 is 11.9 Å². The smallest absolute Gasteiger partial charge is 0.390 e. The van der Waals surface area contributed by atoms with Crippen LogP contribution >= 0.6 is 0 Å². The molecule has 0 spiro atoms. The standard InChI is InChI=1S/C7H10F3NO3/c1-5(12)11(4-6(13)14)3-2-7(8,9)10/h2-4H2,1H3,(H,13,14). The van der Waals surface area contributed by atoms with Crippen LogP contribution in [-0.4, -0.2) is 41.1 Å². The molecule has 7 heteroatoms. The van der Waals surface area contributed by atoms with Crippen LogP contribution in [0.1, 0.15) is 13.3 Å². The minimum atomic E-state index is -4.38. The first kappa shape index (κ1) is 12.7. The highest BCUT2D eigenvalue weighted by atomic mass is 19.4. The van der Waals surface area contributed by atoms with Crippen molar-refractivity contribution < 1.29 is 27.9 Å². The van der Waals surface area contributed by atoms with Gasteiger partial charge >= 0.3 is 12.1 Å². The number of hydrogen-bond donors (Lipinski definition) is 1. The summed E-state index contributed by atoms with van der Waals surface area (Å²) in [6.45, 7) is -0.296. The third-order valence-electron chi connectivity index (χ3n) is 1.44. The van der Waals surface area contributed by atoms with Crippen LogP contribution in [0.3, 0.4) is 0 Å². The predicted octanol–water partition coefficient (Wildman–Crippen LogP) is 0.872. The molecule has 0 aliphatic rings. The summed E-state index contributed by atoms with van der Waals surface area (Å²) in [6, 6.07) is 0. The molecule has 0 radical (unpaired) electrons. The first-order valence-corrected chi connectivity index (χ1v) is 3.76. The van der Waals surface area contributed by atoms with Gasteiger partial charge in [0.2, 0.25) is 5.91 Å². The van der Waals surface area contributed by atoms with Gasteiger partial charge in [-0.3, -0.25) is 9.59 Å². The third kappa shape index (κ3) is 6.27. The van der Waals surface area contributed by atoms with Gasteiger partial charge in [0.05, 0.1) is 6.42 Å². The summed E-state index contributed by atoms with van der Waals surface area (Å²) in [6.07, 6.45) is -5.58. The second kappa shape index (κ2) is 4.83. The molecule has 0 rings (SSSR count). The number of rotatable bonds is 4. The number of alkyl halides is 3. The summed E-state index contributed by atoms with van der Waals surface area (Å²) >= 11 is 0. The highest BCUT2D eigenvalue weighted by Gasteiger charge is 2.28. The summed E-state index contributed by atoms with van der Waals surface area (Å²) in [5, 5.41) is 8.29. The third-order valence-corrected chi connectivity index (χ3v) is 1.44. The van der Waals surface area contributed by atoms with Crippen LogP contribution in [0.15, 0.2) is 0 Å². The van der Waals surface area contributed by atoms with E-state index in [-0.39, 0.29) is 0 Å². The monoisotopic (exact) mass is 213 g/mol. The Morgan fingerprint density at radius 1 is 1.36 bits per heavy atom. The second-order valence-corrected chi connectivity index (χ2v) is 2.70. The maximum Gasteiger partial charge on any atom is 0.390 e. The minimum absolute atomic E-state index is 0.620. The zero-order chi connectivity index (χ0) is 11.4. The van der Waals surface area contributed by atoms with Crippen molar-refractivity contribution in [2.45, 2.75) is 19.5 Å². The highest BCUT2D eigenvalue weighted by molar-refractivity contribution is 5.79. The molecule has 0 atom stereocenters. The minimum Gasteiger partial charge on any atom is -0.480 e. The number of carbonyl (C=O) groups excluding carboxylic acids is 1. The van der Waals surface area contributed by atoms with E-state index < -0.39 is 37.6 Å². The number of nitrogens with zero attached hydrogens (tertiary/aromatic N) is 1. The average molecular weight is 213 g/mol. The molecule has 0 saturated heterocycles. The first-order valence-electron chi connectivity index (χ1n) is 3.76. The average Bonchev–Trinajstić information content (AvgIpc) is 1.94. The molecule has 1 amide bonds. The SMILES string of the molecule is CC(=O)N(CCC(F)(F)F)CC(=O)O. The van der Waals surface area contributed by atoms with Gasteiger partial charge in [-0.1, -0.05) is 0 Å². The zero-order valence-corrected chi connectivity index (χ0v) is 7.47. The molecule has 14 heavy (non-hydrogen) atoms. The number of carbonyl (C=O) groups is 2. The molecule has 0 bridgehead atoms. The van der Waals surface area contributed by atoms with Crippen molar-refractivity contribution in [1.82, 2.24) is 4.90 Å². The van der Waals surface area contributed by atoms with Gasteiger partial charge < -0.3 is 10.0 Å². The number of carboxylic acid groups (broad SMARTS) is 1. The van der Waals surface area contributed by atoms with Crippen molar-refractivity contribution in [2.24, 2.45) is 0 Å². The molecule has 0 fully saturated rings. The Bertz CT molecular complexity index is 227. The summed E-state index contributed by atoms with van der Waals surface area (Å²) in [7, 11) is 0. The maximum absolute atomic E-state index is 11.7. The van der Waals surface area contributed by atoms with Crippen LogP contribution in [0.5, 0.6) is 0 Å². The van der Waals surface area contributed by atoms with Gasteiger partial charge in [-0.25, -0.2) is 0 Å². The van der Waals surface area contributed by atoms with Gasteiger partial charge in [0.25, 0.3) is 0 Å². The maximum atomic E-state index is 11.7. The molecule has 0 aromatic carbocycles. The molecular weight excluding hydrogens is 203 g/mol. The van der Waals surface area contributed by atoms with Crippen molar-refractivity contribution in [3.63, 3.8) is 0 Å². The van der Waals surface area contributed by atoms with Crippen LogP contribution in [0.2, 0.25) is 0 Å². The number of hydrogen-bond acceptors (Lipinski definition) is 2. The Hall–Kier alpha value is -1.27. The predicted molar refractivity (Wildman–Crippen MR) is 40.6 cm³/mol. The number of carboxylic acids is 1. The lowest BCUT2D eigenvalue weighted by Gasteiger charge is -2.19. The van der Waals surface area contributed by atoms with Gasteiger partial charge in [0, 0.05) is 13.5 Å². The van der Waals surface area contributed by atoms with Crippen molar-refractivity contribution in [3.8, 4) is 0 Å². The first-order chi connectivity index (χ1) is 6.22. The van der Waals surface area contributed by atoms with E-state index in [1.54, 1.807) is 0 Å². The van der Waals surface area contributed by atoms with E-state index >= 15 is 0 Å². The Balaban J connectivity index is 4.11. The topological polar surface area (TPSA) is 57.6 Å². The summed E-state index contributed by atoms with van der Waals surface area (Å²) < 4.78 is 35.2. The Labute approximate surface area is 78.3 Å². The second-order valence-electron chi connectivity index (χ2n) is 2.70. The molecule has 0 aromatic rings. The van der Waals surface area contributed by atoms with Gasteiger partial charge in [-0.05, 0) is 0 Å². The van der Waals surface area contributed by atoms with Crippen LogP contribution in [0.4, 0.5) is 13.2 Å². The molecule has 0 aliphatic heterocycles. The lowest BCUT2D eigenvalue weighted by atomic mass is 10.3. The Morgan fingerprint density at radius 2 is 1.86 bits per heavy atom. The molecular formula is C7H10F3NO3. The molecule has 0 heterocycles. The largest absolute Gasteiger partial charge is 0.480 e. The molecule has 1 N–H and O–H groups in total. The van der Waals surface area contributed by atoms with E-state index in [9.17, 15) is 22.8 Å². The van der Waals surface area contributed by atoms with Gasteiger partial charge in [0.15, 0.2) is 0 Å². The summed E-state index contributed by atoms with van der Waals surface area (Å²) in [5.41, 5.74) is 0. The fraction of sp³-hybridized carbons (Fsp3) is 0.714. The van der Waals surface area contributed by atoms with E-state index in [1.807, 2.05) is 0 Å². The molecule has 0 saturated carbocycles. The fourth-order valence-electron chi connectivity index (χ4n) is 0.773. The molecule has 0 unspecified atom stereocenters. The van der Waals surface area contributed by atoms with Crippen LogP contribution in [-0.2, 0) is 9.59 Å². The van der Waals surface area contributed by atoms with Crippen molar-refractivity contribution in [2.75, 3.05) is 13.1 Å². The van der Waals surface area contributed by atoms with Gasteiger partial charge in [0.1, 0.15) is 6.54 Å². The Kier molecular flexibility index (Phi) is 4.39. The van der Waals surface area contributed by atoms with E-state index in [0.29, 0.717) is 4.90 Å². The lowest BCUT2D eigenvalue weighted by molar-refractivity contribution is -0.151. The van der Waals surface area contributed by atoms with Crippen molar-refractivity contribution in [3.05, 3.63) is 0 Å². The quantitative estimate of drug-likeness (QED) is 0.753. The number of amides is 1. The van der Waals surface area contributed by atoms with Gasteiger partial charge in [-0.15, -0.1) is 0 Å².